The fourth-order valence-corrected chi connectivity index (χ4v) is 9.47. The van der Waals surface area contributed by atoms with Crippen LogP contribution in [0.5, 0.6) is 0 Å². The molecule has 0 aromatic carbocycles. The first kappa shape index (κ1) is 35.6. The third-order valence-corrected chi connectivity index (χ3v) is 12.0. The molecule has 0 saturated heterocycles. The van der Waals surface area contributed by atoms with Crippen molar-refractivity contribution >= 4 is 11.8 Å². The molecule has 8 heteroatoms. The predicted octanol–water partition coefficient (Wildman–Crippen LogP) is 6.71. The molecule has 0 spiro atoms. The van der Waals surface area contributed by atoms with Crippen molar-refractivity contribution in [2.45, 2.75) is 127 Å². The molecule has 10 unspecified atom stereocenters. The summed E-state index contributed by atoms with van der Waals surface area (Å²) < 4.78 is 0. The molecular formula is C39H59N3O5. The summed E-state index contributed by atoms with van der Waals surface area (Å²) >= 11 is 0. The number of aromatic nitrogens is 2. The number of hydrogen-bond donors (Lipinski definition) is 6. The second kappa shape index (κ2) is 16.6. The van der Waals surface area contributed by atoms with E-state index in [-0.39, 0.29) is 35.7 Å². The molecule has 0 aliphatic heterocycles. The summed E-state index contributed by atoms with van der Waals surface area (Å²) in [7, 11) is 0. The first-order chi connectivity index (χ1) is 22.7. The first-order valence-electron chi connectivity index (χ1n) is 18.5. The van der Waals surface area contributed by atoms with Gasteiger partial charge in [-0.3, -0.25) is 4.79 Å². The van der Waals surface area contributed by atoms with Crippen molar-refractivity contribution in [3.8, 4) is 0 Å². The second-order valence-electron chi connectivity index (χ2n) is 15.2. The Kier molecular flexibility index (Phi) is 12.6. The van der Waals surface area contributed by atoms with Gasteiger partial charge < -0.3 is 31.1 Å². The van der Waals surface area contributed by atoms with Gasteiger partial charge in [-0.25, -0.2) is 4.98 Å². The van der Waals surface area contributed by atoms with Crippen molar-refractivity contribution in [2.24, 2.45) is 41.4 Å². The van der Waals surface area contributed by atoms with Crippen LogP contribution in [0.4, 0.5) is 5.82 Å². The summed E-state index contributed by atoms with van der Waals surface area (Å²) in [6.45, 7) is 2.21. The predicted molar refractivity (Wildman–Crippen MR) is 185 cm³/mol. The zero-order valence-corrected chi connectivity index (χ0v) is 28.4. The van der Waals surface area contributed by atoms with Gasteiger partial charge in [-0.15, -0.1) is 0 Å². The Morgan fingerprint density at radius 3 is 2.64 bits per heavy atom. The summed E-state index contributed by atoms with van der Waals surface area (Å²) in [5.41, 5.74) is 7.22. The van der Waals surface area contributed by atoms with Gasteiger partial charge in [0.25, 0.3) is 0 Å². The van der Waals surface area contributed by atoms with Crippen LogP contribution in [0.25, 0.3) is 0 Å². The van der Waals surface area contributed by atoms with Gasteiger partial charge in [0.05, 0.1) is 23.7 Å². The summed E-state index contributed by atoms with van der Waals surface area (Å²) in [6.07, 6.45) is 20.8. The minimum Gasteiger partial charge on any atom is -0.481 e. The number of nitrogens with two attached hydrogens (primary N) is 1. The number of carbonyl (C=O) groups is 1. The Balaban J connectivity index is 1.15. The molecule has 0 radical (unpaired) electrons. The number of anilines is 1. The molecule has 0 amide bonds. The molecule has 3 aliphatic rings. The van der Waals surface area contributed by atoms with Crippen molar-refractivity contribution in [1.29, 1.82) is 0 Å². The molecule has 2 aromatic heterocycles. The van der Waals surface area contributed by atoms with Gasteiger partial charge in [-0.05, 0) is 124 Å². The fraction of sp³-hybridized carbons (Fsp3) is 0.692. The average Bonchev–Trinajstić information content (AvgIpc) is 3.65. The van der Waals surface area contributed by atoms with Crippen LogP contribution in [0.1, 0.15) is 108 Å². The number of allylic oxidation sites excluding steroid dienone is 1. The van der Waals surface area contributed by atoms with Crippen molar-refractivity contribution in [2.75, 3.05) is 5.73 Å². The Labute approximate surface area is 281 Å². The fourth-order valence-electron chi connectivity index (χ4n) is 9.47. The molecular weight excluding hydrogens is 590 g/mol. The van der Waals surface area contributed by atoms with E-state index in [1.165, 1.54) is 19.3 Å². The number of pyridine rings is 1. The molecule has 2 heterocycles. The van der Waals surface area contributed by atoms with Gasteiger partial charge in [-0.2, -0.15) is 0 Å². The van der Waals surface area contributed by atoms with E-state index in [1.807, 2.05) is 24.4 Å². The molecule has 8 nitrogen and oxygen atoms in total. The lowest BCUT2D eigenvalue weighted by atomic mass is 9.64. The van der Waals surface area contributed by atoms with Gasteiger partial charge in [0, 0.05) is 24.0 Å². The number of aliphatic hydroxyl groups excluding tert-OH is 2. The van der Waals surface area contributed by atoms with Crippen LogP contribution in [0.3, 0.4) is 0 Å². The minimum atomic E-state index is -0.990. The third kappa shape index (κ3) is 9.07. The van der Waals surface area contributed by atoms with E-state index in [4.69, 9.17) is 5.73 Å². The van der Waals surface area contributed by atoms with Crippen LogP contribution in [0.15, 0.2) is 48.8 Å². The Hall–Kier alpha value is -2.68. The number of aromatic amines is 1. The lowest BCUT2D eigenvalue weighted by Gasteiger charge is -2.45. The second-order valence-corrected chi connectivity index (χ2v) is 15.2. The van der Waals surface area contributed by atoms with E-state index >= 15 is 0 Å². The SMILES string of the molecule is CCCCCC1C=CC(CCCCCC(C(=O)O)C(O)C2CCC3C(Cc4ccnc(N)c4)CC(Cc4ccc[nH]4)C3(O)C2)C(O)C1. The lowest BCUT2D eigenvalue weighted by molar-refractivity contribution is -0.152. The van der Waals surface area contributed by atoms with E-state index in [1.54, 1.807) is 6.20 Å². The Morgan fingerprint density at radius 2 is 1.91 bits per heavy atom. The van der Waals surface area contributed by atoms with Crippen LogP contribution in [-0.2, 0) is 17.6 Å². The number of aliphatic hydroxyl groups is 3. The van der Waals surface area contributed by atoms with E-state index in [0.29, 0.717) is 31.0 Å². The normalized spacial score (nSPS) is 31.8. The summed E-state index contributed by atoms with van der Waals surface area (Å²) in [4.78, 5) is 19.9. The standard InChI is InChI=1S/C39H59N3O5/c1-2-3-5-9-26-13-14-28(35(43)21-26)10-6-4-7-12-33(38(45)46)37(44)29-15-16-34-30(20-27-17-19-42-36(40)22-27)23-31(39(34,47)25-29)24-32-11-8-18-41-32/h8,11,13-14,17-19,22,26,28-31,33-35,37,41,43-44,47H,2-7,9-10,12,15-16,20-21,23-25H2,1H3,(H2,40,42)(H,45,46). The number of hydrogen-bond acceptors (Lipinski definition) is 6. The van der Waals surface area contributed by atoms with Gasteiger partial charge in [0.1, 0.15) is 5.82 Å². The van der Waals surface area contributed by atoms with Crippen molar-refractivity contribution in [3.05, 3.63) is 60.1 Å². The number of unbranched alkanes of at least 4 members (excludes halogenated alkanes) is 4. The molecule has 47 heavy (non-hydrogen) atoms. The summed E-state index contributed by atoms with van der Waals surface area (Å²) in [5, 5.41) is 44.9. The zero-order valence-electron chi connectivity index (χ0n) is 28.4. The first-order valence-corrected chi connectivity index (χ1v) is 18.5. The topological polar surface area (TPSA) is 153 Å². The average molecular weight is 650 g/mol. The number of aliphatic carboxylic acids is 1. The lowest BCUT2D eigenvalue weighted by Crippen LogP contribution is -2.50. The van der Waals surface area contributed by atoms with Gasteiger partial charge in [0.15, 0.2) is 0 Å². The van der Waals surface area contributed by atoms with E-state index in [2.05, 4.69) is 35.1 Å². The Morgan fingerprint density at radius 1 is 1.09 bits per heavy atom. The highest BCUT2D eigenvalue weighted by Gasteiger charge is 2.57. The molecule has 260 valence electrons. The maximum atomic E-state index is 12.4. The number of carboxylic acid groups (broad SMARTS) is 1. The van der Waals surface area contributed by atoms with Gasteiger partial charge in [-0.1, -0.05) is 57.6 Å². The van der Waals surface area contributed by atoms with Crippen molar-refractivity contribution in [1.82, 2.24) is 9.97 Å². The summed E-state index contributed by atoms with van der Waals surface area (Å²) in [6, 6.07) is 7.96. The van der Waals surface area contributed by atoms with E-state index < -0.39 is 23.6 Å². The molecule has 2 aromatic rings. The molecule has 10 atom stereocenters. The number of nitrogen functional groups attached to an aromatic ring is 1. The highest BCUT2D eigenvalue weighted by atomic mass is 16.4. The van der Waals surface area contributed by atoms with Crippen molar-refractivity contribution < 1.29 is 25.2 Å². The van der Waals surface area contributed by atoms with Gasteiger partial charge in [0.2, 0.25) is 0 Å². The smallest absolute Gasteiger partial charge is 0.309 e. The number of fused-ring (bicyclic) bond motifs is 1. The molecule has 7 N–H and O–H groups in total. The molecule has 0 bridgehead atoms. The zero-order chi connectivity index (χ0) is 33.4. The number of rotatable bonds is 17. The molecule has 2 fully saturated rings. The highest BCUT2D eigenvalue weighted by molar-refractivity contribution is 5.70. The molecule has 3 aliphatic carbocycles. The quantitative estimate of drug-likeness (QED) is 0.0823. The van der Waals surface area contributed by atoms with Gasteiger partial charge >= 0.3 is 5.97 Å². The monoisotopic (exact) mass is 649 g/mol. The number of nitrogens with zero attached hydrogens (tertiary/aromatic N) is 1. The highest BCUT2D eigenvalue weighted by Crippen LogP contribution is 2.56. The van der Waals surface area contributed by atoms with Crippen LogP contribution >= 0.6 is 0 Å². The summed E-state index contributed by atoms with van der Waals surface area (Å²) in [5.74, 6) is -0.510. The van der Waals surface area contributed by atoms with Crippen LogP contribution < -0.4 is 5.73 Å². The number of carboxylic acids is 1. The van der Waals surface area contributed by atoms with E-state index in [9.17, 15) is 25.2 Å². The number of H-pyrrole nitrogens is 1. The van der Waals surface area contributed by atoms with E-state index in [0.717, 1.165) is 75.5 Å². The maximum absolute atomic E-state index is 12.4. The molecule has 5 rings (SSSR count). The number of nitrogens with one attached hydrogen (secondary N) is 1. The largest absolute Gasteiger partial charge is 0.481 e. The van der Waals surface area contributed by atoms with Crippen LogP contribution in [0.2, 0.25) is 0 Å². The maximum Gasteiger partial charge on any atom is 0.309 e. The Bertz CT molecular complexity index is 1280. The molecule has 2 saturated carbocycles. The minimum absolute atomic E-state index is 0.0180. The third-order valence-electron chi connectivity index (χ3n) is 12.0. The van der Waals surface area contributed by atoms with Crippen LogP contribution in [-0.4, -0.2) is 54.2 Å². The van der Waals surface area contributed by atoms with Crippen LogP contribution in [0, 0.1) is 41.4 Å². The van der Waals surface area contributed by atoms with Crippen molar-refractivity contribution in [3.63, 3.8) is 0 Å².